The molecule has 0 spiro atoms. The van der Waals surface area contributed by atoms with Gasteiger partial charge in [-0.3, -0.25) is 0 Å². The van der Waals surface area contributed by atoms with E-state index in [2.05, 4.69) is 6.58 Å². The number of allylic oxidation sites excluding steroid dienone is 1. The van der Waals surface area contributed by atoms with E-state index >= 15 is 0 Å². The van der Waals surface area contributed by atoms with Crippen molar-refractivity contribution in [2.45, 2.75) is 52.1 Å². The van der Waals surface area contributed by atoms with E-state index in [1.165, 1.54) is 0 Å². The average Bonchev–Trinajstić information content (AvgIpc) is 2.29. The van der Waals surface area contributed by atoms with Crippen LogP contribution < -0.4 is 0 Å². The Morgan fingerprint density at radius 3 is 2.72 bits per heavy atom. The highest BCUT2D eigenvalue weighted by Gasteiger charge is 2.46. The molecule has 0 aromatic heterocycles. The highest BCUT2D eigenvalue weighted by atomic mass is 16.4. The molecule has 2 rings (SSSR count). The Hall–Kier alpha value is -1.09. The fraction of sp³-hybridized carbons (Fsp3) is 0.667. The Balaban J connectivity index is 2.45. The van der Waals surface area contributed by atoms with Crippen molar-refractivity contribution in [2.24, 2.45) is 11.3 Å². The molecule has 0 aromatic carbocycles. The summed E-state index contributed by atoms with van der Waals surface area (Å²) in [6, 6.07) is 0. The van der Waals surface area contributed by atoms with Crippen LogP contribution in [0.3, 0.4) is 0 Å². The molecule has 0 radical (unpaired) electrons. The van der Waals surface area contributed by atoms with E-state index in [0.29, 0.717) is 18.4 Å². The molecule has 2 N–H and O–H groups in total. The van der Waals surface area contributed by atoms with Crippen molar-refractivity contribution >= 4 is 5.97 Å². The van der Waals surface area contributed by atoms with Crippen LogP contribution in [0.15, 0.2) is 23.3 Å². The summed E-state index contributed by atoms with van der Waals surface area (Å²) in [4.78, 5) is 11.4. The number of aliphatic carboxylic acids is 1. The summed E-state index contributed by atoms with van der Waals surface area (Å²) >= 11 is 0. The molecule has 0 unspecified atom stereocenters. The molecular formula is C15H22O3. The fourth-order valence-corrected chi connectivity index (χ4v) is 3.47. The third-order valence-corrected chi connectivity index (χ3v) is 4.83. The quantitative estimate of drug-likeness (QED) is 0.741. The smallest absolute Gasteiger partial charge is 0.331 e. The number of aliphatic hydroxyl groups excluding tert-OH is 1. The highest BCUT2D eigenvalue weighted by Crippen LogP contribution is 2.52. The van der Waals surface area contributed by atoms with Gasteiger partial charge in [-0.15, -0.1) is 0 Å². The van der Waals surface area contributed by atoms with Crippen LogP contribution in [0.4, 0.5) is 0 Å². The van der Waals surface area contributed by atoms with Gasteiger partial charge in [0.2, 0.25) is 0 Å². The predicted octanol–water partition coefficient (Wildman–Crippen LogP) is 2.90. The molecule has 0 aliphatic heterocycles. The number of carboxylic acids is 1. The van der Waals surface area contributed by atoms with Gasteiger partial charge in [0.05, 0.1) is 6.10 Å². The molecule has 2 aliphatic rings. The lowest BCUT2D eigenvalue weighted by Gasteiger charge is -2.47. The molecular weight excluding hydrogens is 228 g/mol. The van der Waals surface area contributed by atoms with Crippen molar-refractivity contribution in [3.05, 3.63) is 23.3 Å². The van der Waals surface area contributed by atoms with Gasteiger partial charge in [-0.05, 0) is 44.9 Å². The zero-order valence-electron chi connectivity index (χ0n) is 11.2. The van der Waals surface area contributed by atoms with Gasteiger partial charge >= 0.3 is 5.97 Å². The van der Waals surface area contributed by atoms with Gasteiger partial charge in [-0.2, -0.15) is 0 Å². The third-order valence-electron chi connectivity index (χ3n) is 4.83. The first kappa shape index (κ1) is 13.3. The normalized spacial score (nSPS) is 36.2. The monoisotopic (exact) mass is 250 g/mol. The van der Waals surface area contributed by atoms with Crippen molar-refractivity contribution < 1.29 is 15.0 Å². The Morgan fingerprint density at radius 2 is 2.17 bits per heavy atom. The molecule has 0 amide bonds. The largest absolute Gasteiger partial charge is 0.478 e. The van der Waals surface area contributed by atoms with Crippen LogP contribution in [0.2, 0.25) is 0 Å². The summed E-state index contributed by atoms with van der Waals surface area (Å²) in [6.07, 6.45) is 3.40. The third kappa shape index (κ3) is 2.01. The van der Waals surface area contributed by atoms with E-state index in [9.17, 15) is 15.0 Å². The fourth-order valence-electron chi connectivity index (χ4n) is 3.47. The number of hydrogen-bond acceptors (Lipinski definition) is 2. The first-order chi connectivity index (χ1) is 8.36. The standard InChI is InChI=1S/C15H22O3/c1-9(2)10-7-12-11(14(17)18)5-4-6-15(12,3)13(16)8-10/h10,13,16H,1,4-8H2,2-3H3,(H,17,18)/t10-,13-,15-/m0/s1. The minimum atomic E-state index is -0.814. The van der Waals surface area contributed by atoms with E-state index in [-0.39, 0.29) is 11.3 Å². The molecule has 3 heteroatoms. The molecule has 3 nitrogen and oxygen atoms in total. The average molecular weight is 250 g/mol. The van der Waals surface area contributed by atoms with Gasteiger partial charge in [0, 0.05) is 11.0 Å². The van der Waals surface area contributed by atoms with Crippen molar-refractivity contribution in [3.63, 3.8) is 0 Å². The molecule has 0 aromatic rings. The molecule has 1 saturated carbocycles. The Kier molecular flexibility index (Phi) is 3.37. The maximum absolute atomic E-state index is 11.4. The van der Waals surface area contributed by atoms with Crippen molar-refractivity contribution in [2.75, 3.05) is 0 Å². The summed E-state index contributed by atoms with van der Waals surface area (Å²) in [6.45, 7) is 7.94. The van der Waals surface area contributed by atoms with E-state index in [0.717, 1.165) is 30.4 Å². The molecule has 18 heavy (non-hydrogen) atoms. The minimum Gasteiger partial charge on any atom is -0.478 e. The van der Waals surface area contributed by atoms with Crippen molar-refractivity contribution in [1.29, 1.82) is 0 Å². The molecule has 100 valence electrons. The second-order valence-electron chi connectivity index (χ2n) is 6.03. The van der Waals surface area contributed by atoms with Gasteiger partial charge in [0.25, 0.3) is 0 Å². The van der Waals surface area contributed by atoms with Crippen molar-refractivity contribution in [3.8, 4) is 0 Å². The molecule has 0 saturated heterocycles. The summed E-state index contributed by atoms with van der Waals surface area (Å²) in [5, 5.41) is 19.8. The number of hydrogen-bond donors (Lipinski definition) is 2. The first-order valence-electron chi connectivity index (χ1n) is 6.65. The SMILES string of the molecule is C=C(C)[C@H]1CC2=C(C(=O)O)CCC[C@]2(C)[C@@H](O)C1. The van der Waals surface area contributed by atoms with Crippen LogP contribution in [0.25, 0.3) is 0 Å². The lowest BCUT2D eigenvalue weighted by Crippen LogP contribution is -2.43. The Morgan fingerprint density at radius 1 is 1.50 bits per heavy atom. The number of aliphatic hydroxyl groups is 1. The number of fused-ring (bicyclic) bond motifs is 1. The zero-order valence-corrected chi connectivity index (χ0v) is 11.2. The second kappa shape index (κ2) is 4.54. The van der Waals surface area contributed by atoms with Gasteiger partial charge in [0.1, 0.15) is 0 Å². The second-order valence-corrected chi connectivity index (χ2v) is 6.03. The maximum atomic E-state index is 11.4. The molecule has 2 aliphatic carbocycles. The lowest BCUT2D eigenvalue weighted by atomic mass is 9.59. The van der Waals surface area contributed by atoms with Gasteiger partial charge < -0.3 is 10.2 Å². The van der Waals surface area contributed by atoms with E-state index < -0.39 is 12.1 Å². The number of rotatable bonds is 2. The molecule has 0 heterocycles. The van der Waals surface area contributed by atoms with Gasteiger partial charge in [-0.1, -0.05) is 24.6 Å². The van der Waals surface area contributed by atoms with E-state index in [1.807, 2.05) is 13.8 Å². The number of carbonyl (C=O) groups is 1. The Labute approximate surface area is 108 Å². The first-order valence-corrected chi connectivity index (χ1v) is 6.65. The lowest BCUT2D eigenvalue weighted by molar-refractivity contribution is -0.133. The minimum absolute atomic E-state index is 0.218. The number of carboxylic acid groups (broad SMARTS) is 1. The summed E-state index contributed by atoms with van der Waals surface area (Å²) in [7, 11) is 0. The van der Waals surface area contributed by atoms with Crippen LogP contribution in [-0.2, 0) is 4.79 Å². The van der Waals surface area contributed by atoms with Crippen LogP contribution in [0, 0.1) is 11.3 Å². The van der Waals surface area contributed by atoms with Crippen LogP contribution >= 0.6 is 0 Å². The maximum Gasteiger partial charge on any atom is 0.331 e. The molecule has 0 bridgehead atoms. The Bertz CT molecular complexity index is 421. The molecule has 1 fully saturated rings. The summed E-state index contributed by atoms with van der Waals surface area (Å²) < 4.78 is 0. The summed E-state index contributed by atoms with van der Waals surface area (Å²) in [5.74, 6) is -0.596. The van der Waals surface area contributed by atoms with E-state index in [1.54, 1.807) is 0 Å². The predicted molar refractivity (Wildman–Crippen MR) is 70.2 cm³/mol. The molecule has 3 atom stereocenters. The van der Waals surface area contributed by atoms with Crippen LogP contribution in [0.1, 0.15) is 46.0 Å². The summed E-state index contributed by atoms with van der Waals surface area (Å²) in [5.41, 5.74) is 2.21. The zero-order chi connectivity index (χ0) is 13.5. The topological polar surface area (TPSA) is 57.5 Å². The van der Waals surface area contributed by atoms with Crippen LogP contribution in [0.5, 0.6) is 0 Å². The highest BCUT2D eigenvalue weighted by molar-refractivity contribution is 5.88. The van der Waals surface area contributed by atoms with Gasteiger partial charge in [0.15, 0.2) is 0 Å². The van der Waals surface area contributed by atoms with E-state index in [4.69, 9.17) is 0 Å². The van der Waals surface area contributed by atoms with Crippen LogP contribution in [-0.4, -0.2) is 22.3 Å². The van der Waals surface area contributed by atoms with Crippen molar-refractivity contribution in [1.82, 2.24) is 0 Å². The van der Waals surface area contributed by atoms with Gasteiger partial charge in [-0.25, -0.2) is 4.79 Å².